The molecule has 0 atom stereocenters. The highest BCUT2D eigenvalue weighted by molar-refractivity contribution is 5.86. The minimum atomic E-state index is -0.0130. The highest BCUT2D eigenvalue weighted by atomic mass is 16.5. The fourth-order valence-corrected chi connectivity index (χ4v) is 4.73. The van der Waals surface area contributed by atoms with E-state index < -0.39 is 0 Å². The quantitative estimate of drug-likeness (QED) is 0.382. The van der Waals surface area contributed by atoms with Gasteiger partial charge in [-0.25, -0.2) is 0 Å². The van der Waals surface area contributed by atoms with Crippen molar-refractivity contribution in [1.29, 1.82) is 0 Å². The first-order valence-corrected chi connectivity index (χ1v) is 11.4. The first-order chi connectivity index (χ1) is 15.3. The number of aryl methyl sites for hydroxylation is 1. The molecule has 160 valence electrons. The van der Waals surface area contributed by atoms with Crippen LogP contribution in [0.1, 0.15) is 49.1 Å². The number of rotatable bonds is 4. The van der Waals surface area contributed by atoms with E-state index in [2.05, 4.69) is 83.3 Å². The molecule has 1 aliphatic heterocycles. The maximum absolute atomic E-state index is 5.79. The van der Waals surface area contributed by atoms with Crippen LogP contribution in [-0.4, -0.2) is 22.8 Å². The molecular formula is C28H32N2O. The van der Waals surface area contributed by atoms with Gasteiger partial charge in [0.1, 0.15) is 0 Å². The van der Waals surface area contributed by atoms with Crippen molar-refractivity contribution in [2.75, 3.05) is 13.2 Å². The van der Waals surface area contributed by atoms with Gasteiger partial charge in [0.05, 0.1) is 12.2 Å². The van der Waals surface area contributed by atoms with Crippen LogP contribution in [0.4, 0.5) is 0 Å². The van der Waals surface area contributed by atoms with Crippen molar-refractivity contribution < 1.29 is 4.74 Å². The first-order valence-electron chi connectivity index (χ1n) is 11.4. The van der Waals surface area contributed by atoms with E-state index >= 15 is 0 Å². The Morgan fingerprint density at radius 3 is 2.32 bits per heavy atom. The summed E-state index contributed by atoms with van der Waals surface area (Å²) in [6.45, 7) is 8.53. The molecular weight excluding hydrogens is 380 g/mol. The predicted molar refractivity (Wildman–Crippen MR) is 129 cm³/mol. The van der Waals surface area contributed by atoms with Gasteiger partial charge in [-0.1, -0.05) is 67.9 Å². The summed E-state index contributed by atoms with van der Waals surface area (Å²) in [6, 6.07) is 24.0. The van der Waals surface area contributed by atoms with E-state index in [0.717, 1.165) is 38.3 Å². The second kappa shape index (κ2) is 9.49. The van der Waals surface area contributed by atoms with Crippen LogP contribution in [0.15, 0.2) is 79.1 Å². The lowest BCUT2D eigenvalue weighted by atomic mass is 9.69. The Kier molecular flexibility index (Phi) is 6.53. The van der Waals surface area contributed by atoms with Crippen LogP contribution in [0.3, 0.4) is 0 Å². The summed E-state index contributed by atoms with van der Waals surface area (Å²) in [5.41, 5.74) is 6.44. The third kappa shape index (κ3) is 4.15. The lowest BCUT2D eigenvalue weighted by Gasteiger charge is -2.38. The van der Waals surface area contributed by atoms with Gasteiger partial charge in [0.25, 0.3) is 0 Å². The van der Waals surface area contributed by atoms with Crippen molar-refractivity contribution in [3.05, 3.63) is 102 Å². The lowest BCUT2D eigenvalue weighted by Crippen LogP contribution is -2.35. The maximum Gasteiger partial charge on any atom is 0.0648 e. The number of para-hydroxylation sites is 1. The number of benzene rings is 2. The zero-order valence-electron chi connectivity index (χ0n) is 18.8. The van der Waals surface area contributed by atoms with Gasteiger partial charge in [0.2, 0.25) is 0 Å². The van der Waals surface area contributed by atoms with Gasteiger partial charge in [-0.15, -0.1) is 0 Å². The van der Waals surface area contributed by atoms with Crippen LogP contribution < -0.4 is 0 Å². The molecule has 1 saturated heterocycles. The van der Waals surface area contributed by atoms with E-state index in [9.17, 15) is 0 Å². The largest absolute Gasteiger partial charge is 0.381 e. The SMILES string of the molecule is CC.Cc1ccc(C2(c3cn(Cc4ccccn4)c4ccccc34)CCOCC2)cc1. The van der Waals surface area contributed by atoms with Gasteiger partial charge < -0.3 is 9.30 Å². The highest BCUT2D eigenvalue weighted by Crippen LogP contribution is 2.44. The molecule has 0 saturated carbocycles. The number of pyridine rings is 1. The van der Waals surface area contributed by atoms with E-state index in [1.54, 1.807) is 0 Å². The third-order valence-corrected chi connectivity index (χ3v) is 6.31. The molecule has 0 aliphatic carbocycles. The molecule has 3 heterocycles. The van der Waals surface area contributed by atoms with E-state index in [-0.39, 0.29) is 5.41 Å². The number of aromatic nitrogens is 2. The van der Waals surface area contributed by atoms with Crippen molar-refractivity contribution in [1.82, 2.24) is 9.55 Å². The van der Waals surface area contributed by atoms with Crippen LogP contribution in [0, 0.1) is 6.92 Å². The van der Waals surface area contributed by atoms with E-state index in [1.807, 2.05) is 26.1 Å². The Morgan fingerprint density at radius 1 is 0.903 bits per heavy atom. The van der Waals surface area contributed by atoms with Gasteiger partial charge in [-0.05, 0) is 49.1 Å². The summed E-state index contributed by atoms with van der Waals surface area (Å²) >= 11 is 0. The molecule has 31 heavy (non-hydrogen) atoms. The predicted octanol–water partition coefficient (Wildman–Crippen LogP) is 6.52. The third-order valence-electron chi connectivity index (χ3n) is 6.31. The molecule has 0 N–H and O–H groups in total. The van der Waals surface area contributed by atoms with Crippen LogP contribution in [0.2, 0.25) is 0 Å². The van der Waals surface area contributed by atoms with Crippen molar-refractivity contribution in [3.63, 3.8) is 0 Å². The molecule has 1 aliphatic rings. The maximum atomic E-state index is 5.79. The van der Waals surface area contributed by atoms with Gasteiger partial charge in [0.15, 0.2) is 0 Å². The van der Waals surface area contributed by atoms with Crippen molar-refractivity contribution in [3.8, 4) is 0 Å². The summed E-state index contributed by atoms with van der Waals surface area (Å²) in [6.07, 6.45) is 6.25. The van der Waals surface area contributed by atoms with E-state index in [1.165, 1.54) is 27.6 Å². The van der Waals surface area contributed by atoms with E-state index in [0.29, 0.717) is 0 Å². The minimum absolute atomic E-state index is 0.0130. The Labute approximate surface area is 185 Å². The molecule has 0 amide bonds. The number of hydrogen-bond donors (Lipinski definition) is 0. The molecule has 0 radical (unpaired) electrons. The van der Waals surface area contributed by atoms with Crippen LogP contribution in [0.25, 0.3) is 10.9 Å². The Hall–Kier alpha value is -2.91. The zero-order valence-corrected chi connectivity index (χ0v) is 18.8. The highest BCUT2D eigenvalue weighted by Gasteiger charge is 2.38. The van der Waals surface area contributed by atoms with Crippen LogP contribution in [0.5, 0.6) is 0 Å². The summed E-state index contributed by atoms with van der Waals surface area (Å²) in [5.74, 6) is 0. The second-order valence-electron chi connectivity index (χ2n) is 8.07. The molecule has 3 heteroatoms. The summed E-state index contributed by atoms with van der Waals surface area (Å²) in [4.78, 5) is 4.55. The molecule has 2 aromatic carbocycles. The zero-order chi connectivity index (χ0) is 21.7. The Balaban J connectivity index is 0.00000112. The fraction of sp³-hybridized carbons (Fsp3) is 0.321. The number of ether oxygens (including phenoxy) is 1. The van der Waals surface area contributed by atoms with Crippen molar-refractivity contribution in [2.24, 2.45) is 0 Å². The standard InChI is InChI=1S/C26H26N2O.C2H6/c1-20-9-11-21(12-10-20)26(13-16-29-17-14-26)24-19-28(18-22-6-4-5-15-27-22)25-8-3-2-7-23(24)25;1-2/h2-12,15,19H,13-14,16-18H2,1H3;1-2H3. The monoisotopic (exact) mass is 412 g/mol. The summed E-state index contributed by atoms with van der Waals surface area (Å²) < 4.78 is 8.15. The molecule has 0 bridgehead atoms. The topological polar surface area (TPSA) is 27.1 Å². The molecule has 1 fully saturated rings. The Morgan fingerprint density at radius 2 is 1.61 bits per heavy atom. The molecule has 5 rings (SSSR count). The van der Waals surface area contributed by atoms with Crippen molar-refractivity contribution >= 4 is 10.9 Å². The van der Waals surface area contributed by atoms with E-state index in [4.69, 9.17) is 4.74 Å². The lowest BCUT2D eigenvalue weighted by molar-refractivity contribution is 0.0634. The average Bonchev–Trinajstić information content (AvgIpc) is 3.21. The summed E-state index contributed by atoms with van der Waals surface area (Å²) in [5, 5.41) is 1.34. The van der Waals surface area contributed by atoms with Crippen LogP contribution >= 0.6 is 0 Å². The minimum Gasteiger partial charge on any atom is -0.381 e. The Bertz CT molecular complexity index is 1110. The molecule has 0 spiro atoms. The number of nitrogens with zero attached hydrogens (tertiary/aromatic N) is 2. The molecule has 2 aromatic heterocycles. The second-order valence-corrected chi connectivity index (χ2v) is 8.07. The van der Waals surface area contributed by atoms with Gasteiger partial charge in [-0.2, -0.15) is 0 Å². The normalized spacial score (nSPS) is 15.3. The van der Waals surface area contributed by atoms with Crippen LogP contribution in [-0.2, 0) is 16.7 Å². The molecule has 3 nitrogen and oxygen atoms in total. The van der Waals surface area contributed by atoms with Gasteiger partial charge >= 0.3 is 0 Å². The van der Waals surface area contributed by atoms with Gasteiger partial charge in [-0.3, -0.25) is 4.98 Å². The molecule has 0 unspecified atom stereocenters. The number of hydrogen-bond acceptors (Lipinski definition) is 2. The average molecular weight is 413 g/mol. The smallest absolute Gasteiger partial charge is 0.0648 e. The van der Waals surface area contributed by atoms with Crippen molar-refractivity contribution in [2.45, 2.75) is 45.6 Å². The fourth-order valence-electron chi connectivity index (χ4n) is 4.73. The van der Waals surface area contributed by atoms with Gasteiger partial charge in [0, 0.05) is 41.9 Å². The first kappa shape index (κ1) is 21.3. The number of fused-ring (bicyclic) bond motifs is 1. The molecule has 4 aromatic rings. The summed E-state index contributed by atoms with van der Waals surface area (Å²) in [7, 11) is 0.